The van der Waals surface area contributed by atoms with Crippen LogP contribution < -0.4 is 5.32 Å². The third-order valence-corrected chi connectivity index (χ3v) is 11.4. The number of nitrogens with one attached hydrogen (secondary N) is 1. The zero-order valence-corrected chi connectivity index (χ0v) is 35.7. The van der Waals surface area contributed by atoms with Crippen molar-refractivity contribution in [2.75, 3.05) is 13.2 Å². The van der Waals surface area contributed by atoms with Crippen LogP contribution in [-0.2, 0) is 14.3 Å². The van der Waals surface area contributed by atoms with Crippen LogP contribution in [0.4, 0.5) is 0 Å². The number of amides is 1. The van der Waals surface area contributed by atoms with Crippen LogP contribution in [0, 0.1) is 0 Å². The topological polar surface area (TPSA) is 149 Å². The van der Waals surface area contributed by atoms with Gasteiger partial charge >= 0.3 is 0 Å². The number of unbranched alkanes of at least 4 members (excludes halogenated alkanes) is 29. The molecule has 0 aromatic carbocycles. The molecule has 1 aliphatic rings. The SMILES string of the molecule is CCCCCCCCCC/C=C/[C@@H](O)[C@H](CO[C@@H]1O[C@H](CO)[C@@H](O)C(O)C1O)NC(=O)CCCCCCCCCCCCCCCCCCCCCCCC. The number of ether oxygens (including phenoxy) is 2. The predicted octanol–water partition coefficient (Wildman–Crippen LogP) is 9.73. The second-order valence-electron chi connectivity index (χ2n) is 16.6. The lowest BCUT2D eigenvalue weighted by Gasteiger charge is -2.40. The number of hydrogen-bond donors (Lipinski definition) is 6. The molecule has 0 saturated carbocycles. The van der Waals surface area contributed by atoms with Crippen LogP contribution in [0.5, 0.6) is 0 Å². The standard InChI is InChI=1S/C46H89NO8/c1-3-5-7-9-11-13-15-16-17-18-19-20-21-22-23-24-25-26-28-30-32-34-36-42(50)47-39(38-54-46-45(53)44(52)43(51)41(37-48)55-46)40(49)35-33-31-29-27-14-12-10-8-6-4-2/h33,35,39-41,43-46,48-49,51-53H,3-32,34,36-38H2,1-2H3,(H,47,50)/b35-33+/t39-,40+,41+,43+,44?,45?,46+/m0/s1. The molecule has 1 rings (SSSR count). The van der Waals surface area contributed by atoms with E-state index in [1.165, 1.54) is 161 Å². The first-order valence-electron chi connectivity index (χ1n) is 23.4. The van der Waals surface area contributed by atoms with E-state index in [1.54, 1.807) is 6.08 Å². The van der Waals surface area contributed by atoms with Crippen LogP contribution in [0.3, 0.4) is 0 Å². The van der Waals surface area contributed by atoms with Gasteiger partial charge < -0.3 is 40.3 Å². The van der Waals surface area contributed by atoms with E-state index >= 15 is 0 Å². The first kappa shape index (κ1) is 51.9. The van der Waals surface area contributed by atoms with E-state index in [0.717, 1.165) is 38.5 Å². The summed E-state index contributed by atoms with van der Waals surface area (Å²) >= 11 is 0. The maximum atomic E-state index is 12.9. The molecule has 55 heavy (non-hydrogen) atoms. The van der Waals surface area contributed by atoms with Gasteiger partial charge in [0.2, 0.25) is 5.91 Å². The molecule has 6 N–H and O–H groups in total. The van der Waals surface area contributed by atoms with Gasteiger partial charge in [-0.05, 0) is 19.3 Å². The van der Waals surface area contributed by atoms with Gasteiger partial charge in [-0.15, -0.1) is 0 Å². The Kier molecular flexibility index (Phi) is 35.2. The minimum absolute atomic E-state index is 0.175. The minimum Gasteiger partial charge on any atom is -0.394 e. The summed E-state index contributed by atoms with van der Waals surface area (Å²) in [5, 5.41) is 54.1. The Balaban J connectivity index is 2.24. The highest BCUT2D eigenvalue weighted by molar-refractivity contribution is 5.76. The van der Waals surface area contributed by atoms with Gasteiger partial charge in [0.1, 0.15) is 24.4 Å². The number of carbonyl (C=O) groups is 1. The molecule has 326 valence electrons. The number of allylic oxidation sites excluding steroid dienone is 1. The summed E-state index contributed by atoms with van der Waals surface area (Å²) < 4.78 is 11.2. The molecular formula is C46H89NO8. The smallest absolute Gasteiger partial charge is 0.220 e. The quantitative estimate of drug-likeness (QED) is 0.0267. The first-order valence-corrected chi connectivity index (χ1v) is 23.4. The second kappa shape index (κ2) is 37.2. The summed E-state index contributed by atoms with van der Waals surface area (Å²) in [5.74, 6) is -0.175. The summed E-state index contributed by atoms with van der Waals surface area (Å²) in [6.07, 6.45) is 35.5. The van der Waals surface area contributed by atoms with Crippen molar-refractivity contribution in [1.82, 2.24) is 5.32 Å². The van der Waals surface area contributed by atoms with Crippen LogP contribution >= 0.6 is 0 Å². The second-order valence-corrected chi connectivity index (χ2v) is 16.6. The largest absolute Gasteiger partial charge is 0.394 e. The van der Waals surface area contributed by atoms with Crippen molar-refractivity contribution >= 4 is 5.91 Å². The molecule has 0 spiro atoms. The maximum absolute atomic E-state index is 12.9. The van der Waals surface area contributed by atoms with Gasteiger partial charge in [-0.3, -0.25) is 4.79 Å². The van der Waals surface area contributed by atoms with E-state index in [9.17, 15) is 30.3 Å². The van der Waals surface area contributed by atoms with Gasteiger partial charge in [-0.2, -0.15) is 0 Å². The molecule has 1 amide bonds. The Bertz CT molecular complexity index is 873. The molecule has 9 nitrogen and oxygen atoms in total. The first-order chi connectivity index (χ1) is 26.8. The van der Waals surface area contributed by atoms with Crippen molar-refractivity contribution in [3.05, 3.63) is 12.2 Å². The molecule has 0 aromatic heterocycles. The summed E-state index contributed by atoms with van der Waals surface area (Å²) in [5.41, 5.74) is 0. The number of rotatable bonds is 39. The lowest BCUT2D eigenvalue weighted by molar-refractivity contribution is -0.302. The molecule has 1 fully saturated rings. The molecule has 1 saturated heterocycles. The molecule has 2 unspecified atom stereocenters. The average Bonchev–Trinajstić information content (AvgIpc) is 3.18. The number of carbonyl (C=O) groups excluding carboxylic acids is 1. The van der Waals surface area contributed by atoms with Gasteiger partial charge in [-0.1, -0.05) is 206 Å². The third kappa shape index (κ3) is 28.1. The maximum Gasteiger partial charge on any atom is 0.220 e. The highest BCUT2D eigenvalue weighted by Gasteiger charge is 2.44. The molecule has 7 atom stereocenters. The van der Waals surface area contributed by atoms with Crippen molar-refractivity contribution < 1.29 is 39.8 Å². The van der Waals surface area contributed by atoms with Gasteiger partial charge in [0.15, 0.2) is 6.29 Å². The highest BCUT2D eigenvalue weighted by atomic mass is 16.7. The van der Waals surface area contributed by atoms with E-state index < -0.39 is 49.5 Å². The van der Waals surface area contributed by atoms with Crippen LogP contribution in [0.2, 0.25) is 0 Å². The van der Waals surface area contributed by atoms with Crippen molar-refractivity contribution in [2.45, 2.75) is 262 Å². The molecular weight excluding hydrogens is 695 g/mol. The summed E-state index contributed by atoms with van der Waals surface area (Å²) in [4.78, 5) is 12.9. The predicted molar refractivity (Wildman–Crippen MR) is 226 cm³/mol. The number of aliphatic hydroxyl groups is 5. The molecule has 0 aromatic rings. The van der Waals surface area contributed by atoms with Crippen molar-refractivity contribution in [3.63, 3.8) is 0 Å². The molecule has 0 bridgehead atoms. The average molecular weight is 784 g/mol. The summed E-state index contributed by atoms with van der Waals surface area (Å²) in [6, 6.07) is -0.797. The fraction of sp³-hybridized carbons (Fsp3) is 0.935. The van der Waals surface area contributed by atoms with Crippen LogP contribution in [-0.4, -0.2) is 87.5 Å². The Labute approximate surface area is 337 Å². The van der Waals surface area contributed by atoms with Crippen LogP contribution in [0.15, 0.2) is 12.2 Å². The van der Waals surface area contributed by atoms with Crippen molar-refractivity contribution in [3.8, 4) is 0 Å². The van der Waals surface area contributed by atoms with Crippen molar-refractivity contribution in [1.29, 1.82) is 0 Å². The molecule has 1 aliphatic heterocycles. The van der Waals surface area contributed by atoms with Gasteiger partial charge in [-0.25, -0.2) is 0 Å². The van der Waals surface area contributed by atoms with E-state index in [4.69, 9.17) is 9.47 Å². The zero-order valence-electron chi connectivity index (χ0n) is 35.7. The number of hydrogen-bond acceptors (Lipinski definition) is 8. The van der Waals surface area contributed by atoms with E-state index in [2.05, 4.69) is 19.2 Å². The monoisotopic (exact) mass is 784 g/mol. The molecule has 9 heteroatoms. The lowest BCUT2D eigenvalue weighted by Crippen LogP contribution is -2.60. The lowest BCUT2D eigenvalue weighted by atomic mass is 9.99. The summed E-state index contributed by atoms with van der Waals surface area (Å²) in [7, 11) is 0. The van der Waals surface area contributed by atoms with Gasteiger partial charge in [0.25, 0.3) is 0 Å². The van der Waals surface area contributed by atoms with Gasteiger partial charge in [0, 0.05) is 6.42 Å². The van der Waals surface area contributed by atoms with Gasteiger partial charge in [0.05, 0.1) is 25.4 Å². The van der Waals surface area contributed by atoms with E-state index in [0.29, 0.717) is 6.42 Å². The molecule has 1 heterocycles. The fourth-order valence-corrected chi connectivity index (χ4v) is 7.57. The van der Waals surface area contributed by atoms with E-state index in [1.807, 2.05) is 6.08 Å². The Morgan fingerprint density at radius 1 is 0.600 bits per heavy atom. The Morgan fingerprint density at radius 3 is 1.42 bits per heavy atom. The van der Waals surface area contributed by atoms with Crippen LogP contribution in [0.1, 0.15) is 219 Å². The van der Waals surface area contributed by atoms with Crippen LogP contribution in [0.25, 0.3) is 0 Å². The molecule has 0 radical (unpaired) electrons. The molecule has 0 aliphatic carbocycles. The zero-order chi connectivity index (χ0) is 40.2. The fourth-order valence-electron chi connectivity index (χ4n) is 7.57. The normalized spacial score (nSPS) is 21.3. The number of aliphatic hydroxyl groups excluding tert-OH is 5. The Hall–Kier alpha value is -1.07. The third-order valence-electron chi connectivity index (χ3n) is 11.4. The highest BCUT2D eigenvalue weighted by Crippen LogP contribution is 2.23. The summed E-state index contributed by atoms with van der Waals surface area (Å²) in [6.45, 7) is 3.76. The minimum atomic E-state index is -1.56. The van der Waals surface area contributed by atoms with E-state index in [-0.39, 0.29) is 12.5 Å². The van der Waals surface area contributed by atoms with Crippen molar-refractivity contribution in [2.24, 2.45) is 0 Å². The Morgan fingerprint density at radius 2 is 1.00 bits per heavy atom.